The fourth-order valence-corrected chi connectivity index (χ4v) is 2.84. The van der Waals surface area contributed by atoms with Crippen LogP contribution in [0.5, 0.6) is 0 Å². The lowest BCUT2D eigenvalue weighted by atomic mass is 9.67. The molecule has 2 heteroatoms. The average Bonchev–Trinajstić information content (AvgIpc) is 2.02. The molecular weight excluding hydrogens is 162 g/mol. The first-order valence-corrected chi connectivity index (χ1v) is 5.42. The number of hydrogen-bond donors (Lipinski definition) is 1. The molecular formula is C11H19NO. The van der Waals surface area contributed by atoms with Gasteiger partial charge in [0.25, 0.3) is 0 Å². The molecule has 1 N–H and O–H groups in total. The van der Waals surface area contributed by atoms with Gasteiger partial charge >= 0.3 is 0 Å². The van der Waals surface area contributed by atoms with Crippen LogP contribution in [0.4, 0.5) is 0 Å². The van der Waals surface area contributed by atoms with Crippen LogP contribution in [0.25, 0.3) is 0 Å². The first-order chi connectivity index (χ1) is 6.11. The Bertz CT molecular complexity index is 214. The molecule has 2 nitrogen and oxygen atoms in total. The van der Waals surface area contributed by atoms with Crippen LogP contribution in [0, 0.1) is 11.8 Å². The van der Waals surface area contributed by atoms with Crippen LogP contribution in [-0.4, -0.2) is 11.4 Å². The number of rotatable bonds is 1. The topological polar surface area (TPSA) is 29.1 Å². The van der Waals surface area contributed by atoms with Crippen molar-refractivity contribution in [3.63, 3.8) is 0 Å². The maximum Gasteiger partial charge on any atom is 0.222 e. The van der Waals surface area contributed by atoms with E-state index in [4.69, 9.17) is 0 Å². The smallest absolute Gasteiger partial charge is 0.222 e. The summed E-state index contributed by atoms with van der Waals surface area (Å²) in [6, 6.07) is 0. The van der Waals surface area contributed by atoms with Crippen LogP contribution < -0.4 is 5.32 Å². The van der Waals surface area contributed by atoms with Crippen molar-refractivity contribution in [2.45, 2.75) is 51.5 Å². The van der Waals surface area contributed by atoms with Crippen LogP contribution in [0.15, 0.2) is 0 Å². The van der Waals surface area contributed by atoms with Gasteiger partial charge in [0, 0.05) is 12.0 Å². The van der Waals surface area contributed by atoms with Gasteiger partial charge in [-0.05, 0) is 24.7 Å². The molecule has 1 amide bonds. The highest BCUT2D eigenvalue weighted by Gasteiger charge is 2.46. The second-order valence-corrected chi connectivity index (χ2v) is 5.11. The first kappa shape index (κ1) is 9.04. The third-order valence-electron chi connectivity index (χ3n) is 3.73. The molecule has 1 saturated heterocycles. The van der Waals surface area contributed by atoms with E-state index in [0.29, 0.717) is 0 Å². The standard InChI is InChI=1S/C11H19NO/c1-8(2)9-4-3-5-11(6-9)7-10(13)12-11/h8-9H,3-7H2,1-2H3,(H,12,13). The molecule has 2 atom stereocenters. The molecule has 74 valence electrons. The van der Waals surface area contributed by atoms with Crippen molar-refractivity contribution in [1.29, 1.82) is 0 Å². The lowest BCUT2D eigenvalue weighted by Crippen LogP contribution is -2.63. The fraction of sp³-hybridized carbons (Fsp3) is 0.909. The van der Waals surface area contributed by atoms with E-state index in [-0.39, 0.29) is 11.4 Å². The van der Waals surface area contributed by atoms with Crippen molar-refractivity contribution in [3.8, 4) is 0 Å². The molecule has 0 aromatic rings. The molecule has 13 heavy (non-hydrogen) atoms. The summed E-state index contributed by atoms with van der Waals surface area (Å²) in [5, 5.41) is 3.10. The van der Waals surface area contributed by atoms with Crippen molar-refractivity contribution in [2.24, 2.45) is 11.8 Å². The highest BCUT2D eigenvalue weighted by atomic mass is 16.2. The Hall–Kier alpha value is -0.530. The molecule has 1 saturated carbocycles. The molecule has 0 bridgehead atoms. The molecule has 0 aromatic carbocycles. The van der Waals surface area contributed by atoms with Gasteiger partial charge in [-0.25, -0.2) is 0 Å². The van der Waals surface area contributed by atoms with Crippen LogP contribution in [0.2, 0.25) is 0 Å². The second kappa shape index (κ2) is 3.00. The minimum absolute atomic E-state index is 0.226. The number of β-lactam (4-membered cyclic amide) rings is 1. The number of nitrogens with one attached hydrogen (secondary N) is 1. The van der Waals surface area contributed by atoms with Crippen molar-refractivity contribution < 1.29 is 4.79 Å². The Morgan fingerprint density at radius 2 is 2.23 bits per heavy atom. The van der Waals surface area contributed by atoms with Gasteiger partial charge in [0.1, 0.15) is 0 Å². The minimum Gasteiger partial charge on any atom is -0.350 e. The van der Waals surface area contributed by atoms with Gasteiger partial charge < -0.3 is 5.32 Å². The highest BCUT2D eigenvalue weighted by Crippen LogP contribution is 2.41. The largest absolute Gasteiger partial charge is 0.350 e. The first-order valence-electron chi connectivity index (χ1n) is 5.42. The number of carbonyl (C=O) groups is 1. The third-order valence-corrected chi connectivity index (χ3v) is 3.73. The van der Waals surface area contributed by atoms with Gasteiger partial charge in [-0.2, -0.15) is 0 Å². The Morgan fingerprint density at radius 3 is 2.77 bits per heavy atom. The molecule has 1 spiro atoms. The van der Waals surface area contributed by atoms with E-state index in [0.717, 1.165) is 18.3 Å². The van der Waals surface area contributed by atoms with E-state index in [9.17, 15) is 4.79 Å². The third kappa shape index (κ3) is 1.59. The summed E-state index contributed by atoms with van der Waals surface area (Å²) < 4.78 is 0. The molecule has 1 aliphatic carbocycles. The maximum atomic E-state index is 10.9. The van der Waals surface area contributed by atoms with E-state index >= 15 is 0 Å². The van der Waals surface area contributed by atoms with Gasteiger partial charge in [-0.15, -0.1) is 0 Å². The lowest BCUT2D eigenvalue weighted by molar-refractivity contribution is -0.135. The molecule has 2 aliphatic rings. The summed E-state index contributed by atoms with van der Waals surface area (Å²) in [6.45, 7) is 4.59. The van der Waals surface area contributed by atoms with Crippen molar-refractivity contribution in [1.82, 2.24) is 5.32 Å². The van der Waals surface area contributed by atoms with Gasteiger partial charge in [-0.3, -0.25) is 4.79 Å². The Labute approximate surface area is 80.1 Å². The van der Waals surface area contributed by atoms with Gasteiger partial charge in [0.05, 0.1) is 0 Å². The zero-order chi connectivity index (χ0) is 9.47. The molecule has 1 aliphatic heterocycles. The molecule has 0 radical (unpaired) electrons. The van der Waals surface area contributed by atoms with Gasteiger partial charge in [-0.1, -0.05) is 26.7 Å². The molecule has 1 heterocycles. The fourth-order valence-electron chi connectivity index (χ4n) is 2.84. The van der Waals surface area contributed by atoms with Gasteiger partial charge in [0.15, 0.2) is 0 Å². The quantitative estimate of drug-likeness (QED) is 0.617. The zero-order valence-corrected chi connectivity index (χ0v) is 8.60. The maximum absolute atomic E-state index is 10.9. The highest BCUT2D eigenvalue weighted by molar-refractivity contribution is 5.84. The Kier molecular flexibility index (Phi) is 2.09. The predicted octanol–water partition coefficient (Wildman–Crippen LogP) is 2.09. The van der Waals surface area contributed by atoms with Crippen LogP contribution >= 0.6 is 0 Å². The molecule has 2 fully saturated rings. The van der Waals surface area contributed by atoms with Crippen molar-refractivity contribution in [2.75, 3.05) is 0 Å². The summed E-state index contributed by atoms with van der Waals surface area (Å²) in [4.78, 5) is 10.9. The molecule has 0 aromatic heterocycles. The lowest BCUT2D eigenvalue weighted by Gasteiger charge is -2.48. The number of hydrogen-bond acceptors (Lipinski definition) is 1. The minimum atomic E-state index is 0.226. The van der Waals surface area contributed by atoms with E-state index in [1.807, 2.05) is 0 Å². The molecule has 2 rings (SSSR count). The summed E-state index contributed by atoms with van der Waals surface area (Å²) in [5.41, 5.74) is 0.226. The Balaban J connectivity index is 1.96. The summed E-state index contributed by atoms with van der Waals surface area (Å²) in [5.74, 6) is 1.86. The van der Waals surface area contributed by atoms with E-state index < -0.39 is 0 Å². The normalized spacial score (nSPS) is 39.0. The predicted molar refractivity (Wildman–Crippen MR) is 52.3 cm³/mol. The van der Waals surface area contributed by atoms with Crippen molar-refractivity contribution in [3.05, 3.63) is 0 Å². The Morgan fingerprint density at radius 1 is 1.54 bits per heavy atom. The average molecular weight is 181 g/mol. The van der Waals surface area contributed by atoms with Crippen LogP contribution in [0.3, 0.4) is 0 Å². The van der Waals surface area contributed by atoms with Crippen LogP contribution in [-0.2, 0) is 4.79 Å². The van der Waals surface area contributed by atoms with E-state index in [2.05, 4.69) is 19.2 Å². The zero-order valence-electron chi connectivity index (χ0n) is 8.60. The van der Waals surface area contributed by atoms with Gasteiger partial charge in [0.2, 0.25) is 5.91 Å². The SMILES string of the molecule is CC(C)C1CCCC2(CC(=O)N2)C1. The monoisotopic (exact) mass is 181 g/mol. The van der Waals surface area contributed by atoms with Crippen LogP contribution in [0.1, 0.15) is 46.0 Å². The summed E-state index contributed by atoms with van der Waals surface area (Å²) in [7, 11) is 0. The van der Waals surface area contributed by atoms with E-state index in [1.54, 1.807) is 0 Å². The van der Waals surface area contributed by atoms with E-state index in [1.165, 1.54) is 25.7 Å². The summed E-state index contributed by atoms with van der Waals surface area (Å²) in [6.07, 6.45) is 5.87. The summed E-state index contributed by atoms with van der Waals surface area (Å²) >= 11 is 0. The molecule has 2 unspecified atom stereocenters. The number of carbonyl (C=O) groups excluding carboxylic acids is 1. The number of amides is 1. The van der Waals surface area contributed by atoms with Crippen molar-refractivity contribution >= 4 is 5.91 Å². The second-order valence-electron chi connectivity index (χ2n) is 5.11.